The van der Waals surface area contributed by atoms with Gasteiger partial charge in [0.15, 0.2) is 5.78 Å². The van der Waals surface area contributed by atoms with Crippen LogP contribution in [0.1, 0.15) is 40.0 Å². The van der Waals surface area contributed by atoms with E-state index in [4.69, 9.17) is 23.2 Å². The molecule has 3 aromatic rings. The third kappa shape index (κ3) is 6.13. The second-order valence-electron chi connectivity index (χ2n) is 8.64. The number of amides is 1. The van der Waals surface area contributed by atoms with Crippen LogP contribution in [0.3, 0.4) is 0 Å². The van der Waals surface area contributed by atoms with Crippen molar-refractivity contribution in [2.75, 3.05) is 13.6 Å². The maximum Gasteiger partial charge on any atom is 0.266 e. The van der Waals surface area contributed by atoms with E-state index < -0.39 is 5.95 Å². The van der Waals surface area contributed by atoms with Gasteiger partial charge in [-0.2, -0.15) is 9.38 Å². The Morgan fingerprint density at radius 1 is 1.00 bits per heavy atom. The first-order chi connectivity index (χ1) is 16.7. The summed E-state index contributed by atoms with van der Waals surface area (Å²) in [6.07, 6.45) is 2.00. The average molecular weight is 512 g/mol. The summed E-state index contributed by atoms with van der Waals surface area (Å²) in [5, 5.41) is 0.931. The molecule has 0 saturated carbocycles. The predicted molar refractivity (Wildman–Crippen MR) is 137 cm³/mol. The summed E-state index contributed by atoms with van der Waals surface area (Å²) < 4.78 is 13.6. The number of Topliss-reactive ketones (excluding diaryl/α,β-unsaturated/α-hetero) is 1. The van der Waals surface area contributed by atoms with Crippen LogP contribution in [-0.2, 0) is 17.6 Å². The van der Waals surface area contributed by atoms with Crippen molar-refractivity contribution in [2.45, 2.75) is 32.6 Å². The molecule has 0 saturated heterocycles. The monoisotopic (exact) mass is 511 g/mol. The molecule has 0 bridgehead atoms. The quantitative estimate of drug-likeness (QED) is 0.270. The van der Waals surface area contributed by atoms with Crippen LogP contribution in [0.4, 0.5) is 4.39 Å². The smallest absolute Gasteiger partial charge is 0.266 e. The van der Waals surface area contributed by atoms with E-state index >= 15 is 0 Å². The summed E-state index contributed by atoms with van der Waals surface area (Å²) in [5.74, 6) is 0.0136. The van der Waals surface area contributed by atoms with E-state index in [1.807, 2.05) is 36.2 Å². The Balaban J connectivity index is 1.60. The number of hydrogen-bond donors (Lipinski definition) is 0. The molecule has 0 unspecified atom stereocenters. The molecular weight excluding hydrogens is 488 g/mol. The number of ketones is 1. The van der Waals surface area contributed by atoms with E-state index in [1.165, 1.54) is 6.07 Å². The molecule has 0 spiro atoms. The van der Waals surface area contributed by atoms with Crippen LogP contribution >= 0.6 is 23.2 Å². The molecular formula is C27H24Cl2FN3O2. The molecule has 1 aromatic heterocycles. The second kappa shape index (κ2) is 10.7. The lowest BCUT2D eigenvalue weighted by Crippen LogP contribution is -2.23. The van der Waals surface area contributed by atoms with E-state index in [0.29, 0.717) is 47.0 Å². The van der Waals surface area contributed by atoms with Crippen molar-refractivity contribution in [3.63, 3.8) is 0 Å². The van der Waals surface area contributed by atoms with Gasteiger partial charge in [-0.05, 0) is 72.9 Å². The molecule has 1 aliphatic rings. The minimum absolute atomic E-state index is 0.0163. The number of benzene rings is 2. The Bertz CT molecular complexity index is 1340. The van der Waals surface area contributed by atoms with Crippen LogP contribution in [0.25, 0.3) is 11.1 Å². The van der Waals surface area contributed by atoms with Gasteiger partial charge in [-0.25, -0.2) is 4.98 Å². The fraction of sp³-hybridized carbons (Fsp3) is 0.259. The van der Waals surface area contributed by atoms with E-state index in [9.17, 15) is 14.0 Å². The van der Waals surface area contributed by atoms with Gasteiger partial charge in [0.2, 0.25) is 5.95 Å². The fourth-order valence-corrected chi connectivity index (χ4v) is 4.47. The van der Waals surface area contributed by atoms with E-state index in [0.717, 1.165) is 28.1 Å². The maximum atomic E-state index is 13.6. The first-order valence-electron chi connectivity index (χ1n) is 11.3. The molecule has 1 amide bonds. The van der Waals surface area contributed by atoms with Gasteiger partial charge in [0.05, 0.1) is 10.0 Å². The summed E-state index contributed by atoms with van der Waals surface area (Å²) in [6, 6.07) is 14.0. The molecule has 2 aromatic carbocycles. The Labute approximate surface area is 213 Å². The number of halogens is 3. The number of hydrogen-bond acceptors (Lipinski definition) is 4. The van der Waals surface area contributed by atoms with E-state index in [-0.39, 0.29) is 18.2 Å². The molecule has 0 N–H and O–H groups in total. The molecule has 0 fully saturated rings. The van der Waals surface area contributed by atoms with E-state index in [1.54, 1.807) is 25.1 Å². The average Bonchev–Trinajstić information content (AvgIpc) is 3.14. The lowest BCUT2D eigenvalue weighted by molar-refractivity contribution is -0.116. The molecule has 0 aliphatic carbocycles. The van der Waals surface area contributed by atoms with Crippen molar-refractivity contribution in [1.82, 2.24) is 9.88 Å². The largest absolute Gasteiger partial charge is 0.354 e. The SMILES string of the molecule is Cc1nc(F)ccc1-c1cc(CCC2=NC(=O)CN2C)cc(C(=O)CCc2ccc(Cl)c(Cl)c2)c1. The number of nitrogens with zero attached hydrogens (tertiary/aromatic N) is 3. The number of rotatable bonds is 8. The van der Waals surface area contributed by atoms with Crippen LogP contribution in [0, 0.1) is 12.9 Å². The van der Waals surface area contributed by atoms with Crippen LogP contribution in [0.5, 0.6) is 0 Å². The van der Waals surface area contributed by atoms with Crippen LogP contribution in [0.2, 0.25) is 10.0 Å². The van der Waals surface area contributed by atoms with Gasteiger partial charge < -0.3 is 4.90 Å². The first-order valence-corrected chi connectivity index (χ1v) is 12.0. The standard InChI is InChI=1S/C27H24Cl2FN3O2/c1-16-21(6-9-25(30)31-16)19-11-18(5-10-26-32-27(35)15-33(26)2)12-20(14-19)24(34)8-4-17-3-7-22(28)23(29)13-17/h3,6-7,9,11-14H,4-5,8,10,15H2,1-2H3. The summed E-state index contributed by atoms with van der Waals surface area (Å²) >= 11 is 12.1. The van der Waals surface area contributed by atoms with Gasteiger partial charge in [0.1, 0.15) is 12.4 Å². The molecule has 35 heavy (non-hydrogen) atoms. The normalized spacial score (nSPS) is 13.3. The zero-order valence-electron chi connectivity index (χ0n) is 19.4. The van der Waals surface area contributed by atoms with Crippen molar-refractivity contribution < 1.29 is 14.0 Å². The Morgan fingerprint density at radius 3 is 2.49 bits per heavy atom. The highest BCUT2D eigenvalue weighted by molar-refractivity contribution is 6.42. The minimum Gasteiger partial charge on any atom is -0.354 e. The molecule has 1 aliphatic heterocycles. The number of carbonyl (C=O) groups excluding carboxylic acids is 2. The van der Waals surface area contributed by atoms with E-state index in [2.05, 4.69) is 9.98 Å². The number of aromatic nitrogens is 1. The van der Waals surface area contributed by atoms with Crippen molar-refractivity contribution >= 4 is 40.7 Å². The number of carbonyl (C=O) groups is 2. The molecule has 0 radical (unpaired) electrons. The molecule has 180 valence electrons. The summed E-state index contributed by atoms with van der Waals surface area (Å²) in [5.41, 5.74) is 4.52. The number of aryl methyl sites for hydroxylation is 3. The summed E-state index contributed by atoms with van der Waals surface area (Å²) in [6.45, 7) is 2.03. The van der Waals surface area contributed by atoms with Gasteiger partial charge in [0, 0.05) is 36.7 Å². The third-order valence-electron chi connectivity index (χ3n) is 6.01. The topological polar surface area (TPSA) is 62.6 Å². The van der Waals surface area contributed by atoms with Gasteiger partial charge in [-0.1, -0.05) is 35.3 Å². The van der Waals surface area contributed by atoms with Crippen molar-refractivity contribution in [3.8, 4) is 11.1 Å². The molecule has 0 atom stereocenters. The van der Waals surface area contributed by atoms with Crippen molar-refractivity contribution in [3.05, 3.63) is 86.9 Å². The minimum atomic E-state index is -0.549. The van der Waals surface area contributed by atoms with Crippen LogP contribution in [0.15, 0.2) is 53.5 Å². The van der Waals surface area contributed by atoms with Gasteiger partial charge in [-0.3, -0.25) is 9.59 Å². The Hall–Kier alpha value is -3.09. The first kappa shape index (κ1) is 25.0. The number of likely N-dealkylation sites (N-methyl/N-ethyl adjacent to an activating group) is 1. The van der Waals surface area contributed by atoms with Gasteiger partial charge in [-0.15, -0.1) is 0 Å². The molecule has 2 heterocycles. The molecule has 5 nitrogen and oxygen atoms in total. The lowest BCUT2D eigenvalue weighted by atomic mass is 9.93. The number of pyridine rings is 1. The predicted octanol–water partition coefficient (Wildman–Crippen LogP) is 6.12. The van der Waals surface area contributed by atoms with Crippen LogP contribution < -0.4 is 0 Å². The van der Waals surface area contributed by atoms with Crippen LogP contribution in [-0.4, -0.2) is 41.0 Å². The Morgan fingerprint density at radius 2 is 1.80 bits per heavy atom. The van der Waals surface area contributed by atoms with Crippen molar-refractivity contribution in [1.29, 1.82) is 0 Å². The number of aliphatic imine (C=N–C) groups is 1. The lowest BCUT2D eigenvalue weighted by Gasteiger charge is -2.14. The third-order valence-corrected chi connectivity index (χ3v) is 6.75. The zero-order chi connectivity index (χ0) is 25.1. The second-order valence-corrected chi connectivity index (χ2v) is 9.45. The van der Waals surface area contributed by atoms with Gasteiger partial charge in [0.25, 0.3) is 5.91 Å². The maximum absolute atomic E-state index is 13.6. The van der Waals surface area contributed by atoms with Crippen molar-refractivity contribution in [2.24, 2.45) is 4.99 Å². The Kier molecular flexibility index (Phi) is 7.63. The highest BCUT2D eigenvalue weighted by atomic mass is 35.5. The molecule has 8 heteroatoms. The summed E-state index contributed by atoms with van der Waals surface area (Å²) in [4.78, 5) is 34.7. The van der Waals surface area contributed by atoms with Gasteiger partial charge >= 0.3 is 0 Å². The molecule has 4 rings (SSSR count). The summed E-state index contributed by atoms with van der Waals surface area (Å²) in [7, 11) is 1.84. The number of amidine groups is 1. The fourth-order valence-electron chi connectivity index (χ4n) is 4.15. The highest BCUT2D eigenvalue weighted by Crippen LogP contribution is 2.28. The zero-order valence-corrected chi connectivity index (χ0v) is 21.0. The highest BCUT2D eigenvalue weighted by Gasteiger charge is 2.20.